The highest BCUT2D eigenvalue weighted by Crippen LogP contribution is 2.17. The van der Waals surface area contributed by atoms with Crippen molar-refractivity contribution in [2.24, 2.45) is 5.92 Å². The second kappa shape index (κ2) is 12.0. The molecule has 2 unspecified atom stereocenters. The van der Waals surface area contributed by atoms with Gasteiger partial charge in [0.05, 0.1) is 12.9 Å². The van der Waals surface area contributed by atoms with E-state index in [0.717, 1.165) is 18.4 Å². The van der Waals surface area contributed by atoms with Gasteiger partial charge in [0, 0.05) is 32.0 Å². The maximum Gasteiger partial charge on any atom is 0.323 e. The van der Waals surface area contributed by atoms with Crippen molar-refractivity contribution in [3.05, 3.63) is 49.1 Å². The van der Waals surface area contributed by atoms with E-state index in [-0.39, 0.29) is 18.9 Å². The summed E-state index contributed by atoms with van der Waals surface area (Å²) in [7, 11) is 0. The van der Waals surface area contributed by atoms with Gasteiger partial charge in [-0.25, -0.2) is 4.98 Å². The van der Waals surface area contributed by atoms with E-state index >= 15 is 0 Å². The summed E-state index contributed by atoms with van der Waals surface area (Å²) in [5.41, 5.74) is 1.91. The Morgan fingerprint density at radius 2 is 1.87 bits per heavy atom. The number of nitrogens with one attached hydrogen (secondary N) is 1. The Labute approximate surface area is 204 Å². The molecule has 1 aromatic carbocycles. The zero-order valence-corrected chi connectivity index (χ0v) is 21.6. The molecule has 0 aliphatic rings. The first-order valence-corrected chi connectivity index (χ1v) is 11.9. The van der Waals surface area contributed by atoms with E-state index in [4.69, 9.17) is 4.74 Å². The largest absolute Gasteiger partial charge is 0.480 e. The van der Waals surface area contributed by atoms with Gasteiger partial charge in [0.2, 0.25) is 0 Å². The van der Waals surface area contributed by atoms with Gasteiger partial charge in [0.25, 0.3) is 0 Å². The van der Waals surface area contributed by atoms with E-state index in [1.54, 1.807) is 19.4 Å². The lowest BCUT2D eigenvalue weighted by molar-refractivity contribution is -0.147. The maximum atomic E-state index is 12.3. The third-order valence-electron chi connectivity index (χ3n) is 4.47. The fraction of sp³-hybridized carbons (Fsp3) is 0.476. The lowest BCUT2D eigenvalue weighted by Gasteiger charge is -2.23. The van der Waals surface area contributed by atoms with Gasteiger partial charge in [-0.15, -0.1) is 0 Å². The van der Waals surface area contributed by atoms with Gasteiger partial charge in [-0.1, -0.05) is 13.8 Å². The molecule has 0 saturated carbocycles. The Kier molecular flexibility index (Phi) is 10.0. The average molecular weight is 639 g/mol. The summed E-state index contributed by atoms with van der Waals surface area (Å²) in [5.74, 6) is -1.21. The van der Waals surface area contributed by atoms with Crippen molar-refractivity contribution in [2.75, 3.05) is 6.61 Å². The first-order valence-electron chi connectivity index (χ1n) is 9.79. The number of ether oxygens (including phenoxy) is 1. The number of carboxylic acid groups (broad SMARTS) is 1. The topological polar surface area (TPSA) is 93.5 Å². The molecule has 0 aliphatic heterocycles. The molecule has 2 N–H and O–H groups in total. The normalized spacial score (nSPS) is 13.3. The number of imidazole rings is 1. The number of nitrogens with zero attached hydrogens (tertiary/aromatic N) is 2. The molecule has 7 nitrogen and oxygen atoms in total. The summed E-state index contributed by atoms with van der Waals surface area (Å²) in [5, 5.41) is 12.8. The minimum Gasteiger partial charge on any atom is -0.480 e. The predicted molar refractivity (Wildman–Crippen MR) is 131 cm³/mol. The van der Waals surface area contributed by atoms with Crippen LogP contribution in [0.1, 0.15) is 38.4 Å². The molecule has 164 valence electrons. The van der Waals surface area contributed by atoms with E-state index in [1.807, 2.05) is 18.4 Å². The molecule has 2 aromatic rings. The minimum absolute atomic E-state index is 0.213. The van der Waals surface area contributed by atoms with Crippen LogP contribution in [-0.4, -0.2) is 45.3 Å². The quantitative estimate of drug-likeness (QED) is 0.288. The highest BCUT2D eigenvalue weighted by Gasteiger charge is 2.28. The molecule has 1 heterocycles. The number of aliphatic carboxylic acids is 1. The monoisotopic (exact) mass is 639 g/mol. The Morgan fingerprint density at radius 1 is 1.20 bits per heavy atom. The van der Waals surface area contributed by atoms with Crippen molar-refractivity contribution in [2.45, 2.75) is 52.2 Å². The first kappa shape index (κ1) is 25.1. The average Bonchev–Trinajstić information content (AvgIpc) is 3.06. The molecule has 0 fully saturated rings. The number of carbonyl (C=O) groups excluding carboxylic acids is 1. The number of carbonyl (C=O) groups is 2. The fourth-order valence-corrected chi connectivity index (χ4v) is 5.24. The minimum atomic E-state index is -1.01. The van der Waals surface area contributed by atoms with Gasteiger partial charge in [-0.2, -0.15) is 0 Å². The van der Waals surface area contributed by atoms with Crippen molar-refractivity contribution in [3.8, 4) is 0 Å². The van der Waals surface area contributed by atoms with Gasteiger partial charge in [-0.3, -0.25) is 14.9 Å². The third kappa shape index (κ3) is 7.80. The Bertz CT molecular complexity index is 849. The van der Waals surface area contributed by atoms with E-state index < -0.39 is 24.0 Å². The van der Waals surface area contributed by atoms with E-state index in [0.29, 0.717) is 13.0 Å². The number of aromatic nitrogens is 2. The Balaban J connectivity index is 2.17. The summed E-state index contributed by atoms with van der Waals surface area (Å²) >= 11 is 4.57. The Morgan fingerprint density at radius 3 is 2.43 bits per heavy atom. The highest BCUT2D eigenvalue weighted by molar-refractivity contribution is 14.1. The molecule has 1 aromatic heterocycles. The van der Waals surface area contributed by atoms with Crippen LogP contribution < -0.4 is 5.32 Å². The molecule has 0 aliphatic carbocycles. The van der Waals surface area contributed by atoms with E-state index in [1.165, 1.54) is 0 Å². The summed E-state index contributed by atoms with van der Waals surface area (Å²) in [6, 6.07) is 4.69. The van der Waals surface area contributed by atoms with Crippen LogP contribution in [-0.2, 0) is 27.3 Å². The highest BCUT2D eigenvalue weighted by atomic mass is 127. The van der Waals surface area contributed by atoms with Crippen LogP contribution in [0.2, 0.25) is 0 Å². The molecule has 2 atom stereocenters. The van der Waals surface area contributed by atoms with Gasteiger partial charge in [0.1, 0.15) is 12.1 Å². The van der Waals surface area contributed by atoms with Crippen molar-refractivity contribution < 1.29 is 19.4 Å². The maximum absolute atomic E-state index is 12.3. The summed E-state index contributed by atoms with van der Waals surface area (Å²) in [6.07, 6.45) is 4.10. The zero-order valence-electron chi connectivity index (χ0n) is 17.3. The number of esters is 1. The van der Waals surface area contributed by atoms with Gasteiger partial charge < -0.3 is 14.4 Å². The van der Waals surface area contributed by atoms with Gasteiger partial charge >= 0.3 is 11.9 Å². The molecular formula is C21H27I2N3O4. The number of rotatable bonds is 11. The first-order chi connectivity index (χ1) is 14.2. The SMILES string of the molecule is CCOC(=O)C(CC(C)C)NC(Cc1cncn1Cc1cc(I)cc(I)c1)C(=O)O. The van der Waals surface area contributed by atoms with Crippen LogP contribution >= 0.6 is 45.2 Å². The van der Waals surface area contributed by atoms with E-state index in [9.17, 15) is 14.7 Å². The molecule has 30 heavy (non-hydrogen) atoms. The smallest absolute Gasteiger partial charge is 0.323 e. The van der Waals surface area contributed by atoms with Gasteiger partial charge in [-0.05, 0) is 88.2 Å². The van der Waals surface area contributed by atoms with Crippen LogP contribution in [0.3, 0.4) is 0 Å². The number of hydrogen-bond donors (Lipinski definition) is 2. The van der Waals surface area contributed by atoms with Crippen LogP contribution in [0, 0.1) is 13.1 Å². The number of halogens is 2. The molecule has 2 rings (SSSR count). The zero-order chi connectivity index (χ0) is 22.3. The van der Waals surface area contributed by atoms with Crippen LogP contribution in [0.15, 0.2) is 30.7 Å². The van der Waals surface area contributed by atoms with Crippen molar-refractivity contribution in [3.63, 3.8) is 0 Å². The van der Waals surface area contributed by atoms with E-state index in [2.05, 4.69) is 73.7 Å². The lowest BCUT2D eigenvalue weighted by Crippen LogP contribution is -2.49. The third-order valence-corrected chi connectivity index (χ3v) is 5.71. The summed E-state index contributed by atoms with van der Waals surface area (Å²) in [4.78, 5) is 28.5. The Hall–Kier alpha value is -1.21. The van der Waals surface area contributed by atoms with Crippen molar-refractivity contribution >= 4 is 57.1 Å². The predicted octanol–water partition coefficient (Wildman–Crippen LogP) is 3.70. The molecule has 0 spiro atoms. The molecule has 9 heteroatoms. The molecule has 0 bridgehead atoms. The molecule has 0 saturated heterocycles. The fourth-order valence-electron chi connectivity index (χ4n) is 3.18. The molecular weight excluding hydrogens is 612 g/mol. The molecule has 0 radical (unpaired) electrons. The van der Waals surface area contributed by atoms with Crippen LogP contribution in [0.4, 0.5) is 0 Å². The van der Waals surface area contributed by atoms with Crippen LogP contribution in [0.25, 0.3) is 0 Å². The summed E-state index contributed by atoms with van der Waals surface area (Å²) < 4.78 is 9.37. The standard InChI is InChI=1S/C21H27I2N3O4/c1-4-30-21(29)19(5-13(2)3)25-18(20(27)28)9-17-10-24-12-26(17)11-14-6-15(22)8-16(23)7-14/h6-8,10,12-13,18-19,25H,4-5,9,11H2,1-3H3,(H,27,28). The van der Waals surface area contributed by atoms with Crippen molar-refractivity contribution in [1.82, 2.24) is 14.9 Å². The molecule has 0 amide bonds. The number of benzene rings is 1. The number of hydrogen-bond acceptors (Lipinski definition) is 5. The van der Waals surface area contributed by atoms with Crippen LogP contribution in [0.5, 0.6) is 0 Å². The van der Waals surface area contributed by atoms with Crippen molar-refractivity contribution in [1.29, 1.82) is 0 Å². The van der Waals surface area contributed by atoms with Gasteiger partial charge in [0.15, 0.2) is 0 Å². The second-order valence-electron chi connectivity index (χ2n) is 7.49. The number of carboxylic acids is 1. The summed E-state index contributed by atoms with van der Waals surface area (Å²) in [6.45, 7) is 6.57. The second-order valence-corrected chi connectivity index (χ2v) is 9.98. The lowest BCUT2D eigenvalue weighted by atomic mass is 10.0.